The summed E-state index contributed by atoms with van der Waals surface area (Å²) >= 11 is 0. The molecule has 0 aliphatic carbocycles. The summed E-state index contributed by atoms with van der Waals surface area (Å²) in [5.41, 5.74) is 2.98. The lowest BCUT2D eigenvalue weighted by Crippen LogP contribution is -2.54. The first-order valence-electron chi connectivity index (χ1n) is 12.2. The van der Waals surface area contributed by atoms with Crippen LogP contribution in [0.15, 0.2) is 84.9 Å². The van der Waals surface area contributed by atoms with Crippen LogP contribution in [-0.2, 0) is 12.1 Å². The number of ether oxygens (including phenoxy) is 1. The Bertz CT molecular complexity index is 1080. The maximum Gasteiger partial charge on any atom is 0.318 e. The Hall–Kier alpha value is -3.31. The lowest BCUT2D eigenvalue weighted by Gasteiger charge is -2.43. The largest absolute Gasteiger partial charge is 0.496 e. The lowest BCUT2D eigenvalue weighted by atomic mass is 9.83. The van der Waals surface area contributed by atoms with Gasteiger partial charge in [0.2, 0.25) is 0 Å². The quantitative estimate of drug-likeness (QED) is 0.543. The molecule has 5 heteroatoms. The van der Waals surface area contributed by atoms with Crippen molar-refractivity contribution < 1.29 is 14.0 Å². The van der Waals surface area contributed by atoms with E-state index in [0.29, 0.717) is 6.54 Å². The molecule has 176 valence electrons. The first-order valence-corrected chi connectivity index (χ1v) is 12.2. The summed E-state index contributed by atoms with van der Waals surface area (Å²) in [7, 11) is 4.06. The van der Waals surface area contributed by atoms with Gasteiger partial charge >= 0.3 is 6.03 Å². The Kier molecular flexibility index (Phi) is 6.05. The summed E-state index contributed by atoms with van der Waals surface area (Å²) in [6.45, 7) is 3.67. The van der Waals surface area contributed by atoms with E-state index >= 15 is 0 Å². The molecule has 2 heterocycles. The summed E-state index contributed by atoms with van der Waals surface area (Å²) in [5.74, 6) is 0.957. The highest BCUT2D eigenvalue weighted by Gasteiger charge is 2.48. The van der Waals surface area contributed by atoms with Crippen LogP contribution in [0.5, 0.6) is 5.75 Å². The van der Waals surface area contributed by atoms with E-state index in [1.165, 1.54) is 5.56 Å². The minimum absolute atomic E-state index is 0.0403. The molecule has 2 amide bonds. The lowest BCUT2D eigenvalue weighted by molar-refractivity contribution is -0.927. The van der Waals surface area contributed by atoms with Crippen LogP contribution < -0.4 is 10.1 Å². The smallest absolute Gasteiger partial charge is 0.318 e. The van der Waals surface area contributed by atoms with Crippen LogP contribution in [0.2, 0.25) is 0 Å². The number of carbonyl (C=O) groups is 1. The highest BCUT2D eigenvalue weighted by Crippen LogP contribution is 2.37. The van der Waals surface area contributed by atoms with Gasteiger partial charge in [-0.15, -0.1) is 0 Å². The Balaban J connectivity index is 1.34. The molecule has 0 atom stereocenters. The molecule has 0 aromatic heterocycles. The van der Waals surface area contributed by atoms with Crippen LogP contribution in [0.3, 0.4) is 0 Å². The average molecular weight is 457 g/mol. The Morgan fingerprint density at radius 2 is 1.47 bits per heavy atom. The van der Waals surface area contributed by atoms with E-state index in [1.54, 1.807) is 7.11 Å². The van der Waals surface area contributed by atoms with Crippen molar-refractivity contribution in [2.45, 2.75) is 31.0 Å². The summed E-state index contributed by atoms with van der Waals surface area (Å²) in [6, 6.07) is 29.3. The number of amides is 2. The molecule has 2 aliphatic rings. The van der Waals surface area contributed by atoms with Crippen LogP contribution in [0, 0.1) is 0 Å². The molecule has 34 heavy (non-hydrogen) atoms. The van der Waals surface area contributed by atoms with Crippen LogP contribution >= 0.6 is 0 Å². The first kappa shape index (κ1) is 22.5. The van der Waals surface area contributed by atoms with Gasteiger partial charge in [0.15, 0.2) is 0 Å². The number of rotatable bonds is 6. The number of likely N-dealkylation sites (tertiary alicyclic amines) is 1. The monoisotopic (exact) mass is 456 g/mol. The van der Waals surface area contributed by atoms with E-state index in [2.05, 4.69) is 77.9 Å². The van der Waals surface area contributed by atoms with Crippen molar-refractivity contribution in [3.63, 3.8) is 0 Å². The molecule has 3 aromatic carbocycles. The second kappa shape index (κ2) is 9.15. The summed E-state index contributed by atoms with van der Waals surface area (Å²) in [5, 5.41) is 3.39. The van der Waals surface area contributed by atoms with E-state index in [9.17, 15) is 4.79 Å². The molecule has 1 N–H and O–H groups in total. The third-order valence-corrected chi connectivity index (χ3v) is 7.71. The van der Waals surface area contributed by atoms with Gasteiger partial charge in [0.05, 0.1) is 33.8 Å². The number of piperidine rings is 1. The van der Waals surface area contributed by atoms with Gasteiger partial charge in [-0.05, 0) is 23.3 Å². The standard InChI is InChI=1S/C29H33N3O2/c1-32(21-23-11-9-10-16-27(23)34-2)19-17-26(18-20-32)31-22-29(30-28(31)33,24-12-5-3-6-13-24)25-14-7-4-8-15-25/h3-16,26H,17-22H2,1-2H3/p+1. The van der Waals surface area contributed by atoms with Crippen LogP contribution in [0.4, 0.5) is 4.79 Å². The van der Waals surface area contributed by atoms with E-state index < -0.39 is 5.54 Å². The van der Waals surface area contributed by atoms with E-state index in [0.717, 1.165) is 53.8 Å². The van der Waals surface area contributed by atoms with E-state index in [1.807, 2.05) is 24.3 Å². The highest BCUT2D eigenvalue weighted by atomic mass is 16.5. The van der Waals surface area contributed by atoms with Gasteiger partial charge in [-0.1, -0.05) is 72.8 Å². The number of hydrogen-bond acceptors (Lipinski definition) is 2. The summed E-state index contributed by atoms with van der Waals surface area (Å²) < 4.78 is 6.55. The molecule has 5 nitrogen and oxygen atoms in total. The van der Waals surface area contributed by atoms with Gasteiger partial charge in [-0.2, -0.15) is 0 Å². The van der Waals surface area contributed by atoms with Gasteiger partial charge in [0.1, 0.15) is 17.8 Å². The zero-order chi connectivity index (χ0) is 23.6. The normalized spacial score (nSPS) is 24.0. The number of para-hydroxylation sites is 1. The number of quaternary nitrogens is 1. The molecule has 3 aromatic rings. The predicted octanol–water partition coefficient (Wildman–Crippen LogP) is 4.77. The molecule has 2 fully saturated rings. The average Bonchev–Trinajstić information content (AvgIpc) is 3.24. The second-order valence-electron chi connectivity index (χ2n) is 9.96. The van der Waals surface area contributed by atoms with Crippen LogP contribution in [0.25, 0.3) is 0 Å². The fraction of sp³-hybridized carbons (Fsp3) is 0.345. The number of methoxy groups -OCH3 is 1. The molecular formula is C29H34N3O2+. The van der Waals surface area contributed by atoms with Gasteiger partial charge < -0.3 is 19.4 Å². The zero-order valence-corrected chi connectivity index (χ0v) is 20.1. The SMILES string of the molecule is COc1ccccc1C[N+]1(C)CCC(N2CC(c3ccccc3)(c3ccccc3)NC2=O)CC1. The van der Waals surface area contributed by atoms with Crippen molar-refractivity contribution in [3.05, 3.63) is 102 Å². The van der Waals surface area contributed by atoms with Crippen molar-refractivity contribution in [2.75, 3.05) is 33.8 Å². The van der Waals surface area contributed by atoms with Gasteiger partial charge in [0, 0.05) is 24.4 Å². The maximum absolute atomic E-state index is 13.4. The Labute approximate surface area is 202 Å². The minimum atomic E-state index is -0.521. The molecule has 0 bridgehead atoms. The fourth-order valence-corrected chi connectivity index (χ4v) is 5.75. The maximum atomic E-state index is 13.4. The number of urea groups is 1. The van der Waals surface area contributed by atoms with Crippen molar-refractivity contribution in [3.8, 4) is 5.75 Å². The fourth-order valence-electron chi connectivity index (χ4n) is 5.75. The van der Waals surface area contributed by atoms with Crippen molar-refractivity contribution in [1.29, 1.82) is 0 Å². The first-order chi connectivity index (χ1) is 16.5. The van der Waals surface area contributed by atoms with Crippen molar-refractivity contribution in [1.82, 2.24) is 10.2 Å². The summed E-state index contributed by atoms with van der Waals surface area (Å²) in [4.78, 5) is 15.5. The van der Waals surface area contributed by atoms with Crippen molar-refractivity contribution >= 4 is 6.03 Å². The third-order valence-electron chi connectivity index (χ3n) is 7.71. The van der Waals surface area contributed by atoms with Crippen LogP contribution in [0.1, 0.15) is 29.5 Å². The predicted molar refractivity (Wildman–Crippen MR) is 135 cm³/mol. The molecule has 0 radical (unpaired) electrons. The summed E-state index contributed by atoms with van der Waals surface area (Å²) in [6.07, 6.45) is 2.00. The van der Waals surface area contributed by atoms with Crippen LogP contribution in [-0.4, -0.2) is 55.2 Å². The number of carbonyl (C=O) groups excluding carboxylic acids is 1. The number of benzene rings is 3. The van der Waals surface area contributed by atoms with E-state index in [4.69, 9.17) is 4.74 Å². The highest BCUT2D eigenvalue weighted by molar-refractivity contribution is 5.80. The topological polar surface area (TPSA) is 41.6 Å². The molecule has 2 aliphatic heterocycles. The van der Waals surface area contributed by atoms with Gasteiger partial charge in [-0.3, -0.25) is 0 Å². The molecular weight excluding hydrogens is 422 g/mol. The number of nitrogens with zero attached hydrogens (tertiary/aromatic N) is 2. The van der Waals surface area contributed by atoms with Gasteiger partial charge in [0.25, 0.3) is 0 Å². The molecule has 2 saturated heterocycles. The minimum Gasteiger partial charge on any atom is -0.496 e. The Morgan fingerprint density at radius 1 is 0.912 bits per heavy atom. The molecule has 0 spiro atoms. The van der Waals surface area contributed by atoms with E-state index in [-0.39, 0.29) is 12.1 Å². The van der Waals surface area contributed by atoms with Gasteiger partial charge in [-0.25, -0.2) is 4.79 Å². The van der Waals surface area contributed by atoms with Crippen molar-refractivity contribution in [2.24, 2.45) is 0 Å². The molecule has 0 unspecified atom stereocenters. The number of nitrogens with one attached hydrogen (secondary N) is 1. The Morgan fingerprint density at radius 3 is 2.06 bits per heavy atom. The third kappa shape index (κ3) is 4.16. The second-order valence-corrected chi connectivity index (χ2v) is 9.96. The zero-order valence-electron chi connectivity index (χ0n) is 20.1. The molecule has 5 rings (SSSR count). The molecule has 0 saturated carbocycles. The number of hydrogen-bond donors (Lipinski definition) is 1.